The Kier molecular flexibility index (Phi) is 4.63. The Morgan fingerprint density at radius 1 is 1.32 bits per heavy atom. The molecular weight excluding hydrogens is 296 g/mol. The molecule has 0 bridgehead atoms. The summed E-state index contributed by atoms with van der Waals surface area (Å²) < 4.78 is 31.3. The van der Waals surface area contributed by atoms with E-state index in [1.807, 2.05) is 0 Å². The van der Waals surface area contributed by atoms with Crippen LogP contribution >= 0.6 is 0 Å². The lowest BCUT2D eigenvalue weighted by molar-refractivity contribution is -0.124. The van der Waals surface area contributed by atoms with Crippen molar-refractivity contribution in [1.82, 2.24) is 0 Å². The lowest BCUT2D eigenvalue weighted by atomic mass is 9.86. The number of aromatic carboxylic acids is 1. The number of anilines is 1. The number of hydrogen-bond donors (Lipinski definition) is 2. The van der Waals surface area contributed by atoms with Crippen molar-refractivity contribution in [1.29, 1.82) is 0 Å². The van der Waals surface area contributed by atoms with Crippen molar-refractivity contribution in [2.45, 2.75) is 31.6 Å². The molecule has 0 aliphatic heterocycles. The van der Waals surface area contributed by atoms with Crippen LogP contribution in [-0.4, -0.2) is 30.0 Å². The van der Waals surface area contributed by atoms with E-state index in [1.165, 1.54) is 25.3 Å². The van der Waals surface area contributed by atoms with Crippen LogP contribution in [0.15, 0.2) is 18.2 Å². The van der Waals surface area contributed by atoms with Crippen molar-refractivity contribution >= 4 is 17.6 Å². The van der Waals surface area contributed by atoms with Crippen LogP contribution in [0.5, 0.6) is 5.75 Å². The molecule has 0 aromatic heterocycles. The van der Waals surface area contributed by atoms with Crippen molar-refractivity contribution < 1.29 is 28.2 Å². The average molecular weight is 313 g/mol. The third-order valence-corrected chi connectivity index (χ3v) is 3.79. The largest absolute Gasteiger partial charge is 0.495 e. The smallest absolute Gasteiger partial charge is 0.335 e. The molecule has 0 heterocycles. The molecule has 0 radical (unpaired) electrons. The number of benzene rings is 1. The quantitative estimate of drug-likeness (QED) is 0.895. The molecule has 0 atom stereocenters. The van der Waals surface area contributed by atoms with Crippen molar-refractivity contribution in [3.8, 4) is 5.75 Å². The molecule has 0 unspecified atom stereocenters. The molecule has 1 aliphatic carbocycles. The monoisotopic (exact) mass is 313 g/mol. The summed E-state index contributed by atoms with van der Waals surface area (Å²) in [4.78, 5) is 23.0. The normalized spacial score (nSPS) is 17.8. The standard InChI is InChI=1S/C15H17F2NO4/c1-22-12-8-10(14(20)21)2-3-11(12)18-13(19)9-4-6-15(16,17)7-5-9/h2-3,8-9H,4-7H2,1H3,(H,18,19)(H,20,21). The van der Waals surface area contributed by atoms with Gasteiger partial charge in [0.25, 0.3) is 0 Å². The topological polar surface area (TPSA) is 75.6 Å². The van der Waals surface area contributed by atoms with Crippen LogP contribution in [0.25, 0.3) is 0 Å². The summed E-state index contributed by atoms with van der Waals surface area (Å²) in [6.07, 6.45) is -0.316. The Hall–Kier alpha value is -2.18. The number of hydrogen-bond acceptors (Lipinski definition) is 3. The molecule has 1 amide bonds. The van der Waals surface area contributed by atoms with E-state index in [2.05, 4.69) is 5.32 Å². The van der Waals surface area contributed by atoms with Gasteiger partial charge >= 0.3 is 5.97 Å². The number of amides is 1. The fraction of sp³-hybridized carbons (Fsp3) is 0.467. The van der Waals surface area contributed by atoms with Gasteiger partial charge in [0.05, 0.1) is 18.4 Å². The van der Waals surface area contributed by atoms with Gasteiger partial charge in [0.15, 0.2) is 0 Å². The number of halogens is 2. The molecule has 2 rings (SSSR count). The predicted octanol–water partition coefficient (Wildman–Crippen LogP) is 3.16. The molecule has 1 fully saturated rings. The van der Waals surface area contributed by atoms with Crippen molar-refractivity contribution in [2.24, 2.45) is 5.92 Å². The van der Waals surface area contributed by atoms with Gasteiger partial charge in [-0.25, -0.2) is 13.6 Å². The molecule has 7 heteroatoms. The van der Waals surface area contributed by atoms with Crippen LogP contribution in [0, 0.1) is 5.92 Å². The van der Waals surface area contributed by atoms with E-state index in [0.29, 0.717) is 5.69 Å². The molecule has 120 valence electrons. The maximum Gasteiger partial charge on any atom is 0.335 e. The van der Waals surface area contributed by atoms with Gasteiger partial charge in [-0.2, -0.15) is 0 Å². The van der Waals surface area contributed by atoms with E-state index in [-0.39, 0.29) is 42.9 Å². The van der Waals surface area contributed by atoms with Gasteiger partial charge in [-0.15, -0.1) is 0 Å². The fourth-order valence-electron chi connectivity index (χ4n) is 2.46. The van der Waals surface area contributed by atoms with Crippen LogP contribution < -0.4 is 10.1 Å². The number of methoxy groups -OCH3 is 1. The van der Waals surface area contributed by atoms with Gasteiger partial charge < -0.3 is 15.2 Å². The number of carbonyl (C=O) groups is 2. The van der Waals surface area contributed by atoms with Gasteiger partial charge in [-0.3, -0.25) is 4.79 Å². The van der Waals surface area contributed by atoms with E-state index in [1.54, 1.807) is 0 Å². The van der Waals surface area contributed by atoms with Crippen LogP contribution in [0.3, 0.4) is 0 Å². The number of alkyl halides is 2. The highest BCUT2D eigenvalue weighted by molar-refractivity contribution is 5.95. The van der Waals surface area contributed by atoms with Crippen molar-refractivity contribution in [3.05, 3.63) is 23.8 Å². The first kappa shape index (κ1) is 16.2. The third kappa shape index (κ3) is 3.72. The second-order valence-corrected chi connectivity index (χ2v) is 5.34. The van der Waals surface area contributed by atoms with E-state index in [0.717, 1.165) is 0 Å². The highest BCUT2D eigenvalue weighted by Gasteiger charge is 2.37. The highest BCUT2D eigenvalue weighted by atomic mass is 19.3. The molecule has 22 heavy (non-hydrogen) atoms. The minimum Gasteiger partial charge on any atom is -0.495 e. The van der Waals surface area contributed by atoms with E-state index < -0.39 is 17.8 Å². The van der Waals surface area contributed by atoms with E-state index >= 15 is 0 Å². The summed E-state index contributed by atoms with van der Waals surface area (Å²) in [5.74, 6) is -4.39. The fourth-order valence-corrected chi connectivity index (χ4v) is 2.46. The van der Waals surface area contributed by atoms with Gasteiger partial charge in [0.1, 0.15) is 5.75 Å². The number of nitrogens with one attached hydrogen (secondary N) is 1. The number of carboxylic acids is 1. The summed E-state index contributed by atoms with van der Waals surface area (Å²) >= 11 is 0. The summed E-state index contributed by atoms with van der Waals surface area (Å²) in [6, 6.07) is 4.07. The molecule has 1 aliphatic rings. The molecule has 2 N–H and O–H groups in total. The molecule has 0 spiro atoms. The van der Waals surface area contributed by atoms with Gasteiger partial charge in [-0.05, 0) is 31.0 Å². The zero-order valence-electron chi connectivity index (χ0n) is 12.1. The highest BCUT2D eigenvalue weighted by Crippen LogP contribution is 2.37. The molecule has 5 nitrogen and oxygen atoms in total. The minimum atomic E-state index is -2.68. The zero-order chi connectivity index (χ0) is 16.3. The Bertz CT molecular complexity index is 579. The van der Waals surface area contributed by atoms with Crippen LogP contribution in [-0.2, 0) is 4.79 Å². The number of carbonyl (C=O) groups excluding carboxylic acids is 1. The Morgan fingerprint density at radius 3 is 2.50 bits per heavy atom. The first-order valence-corrected chi connectivity index (χ1v) is 6.92. The zero-order valence-corrected chi connectivity index (χ0v) is 12.1. The van der Waals surface area contributed by atoms with Gasteiger partial charge in [0.2, 0.25) is 11.8 Å². The Balaban J connectivity index is 2.07. The summed E-state index contributed by atoms with van der Waals surface area (Å²) in [5, 5.41) is 11.5. The third-order valence-electron chi connectivity index (χ3n) is 3.79. The second kappa shape index (κ2) is 6.29. The van der Waals surface area contributed by atoms with E-state index in [4.69, 9.17) is 9.84 Å². The average Bonchev–Trinajstić information content (AvgIpc) is 2.47. The first-order chi connectivity index (χ1) is 10.3. The minimum absolute atomic E-state index is 0.0344. The van der Waals surface area contributed by atoms with Crippen molar-refractivity contribution in [2.75, 3.05) is 12.4 Å². The molecular formula is C15H17F2NO4. The van der Waals surface area contributed by atoms with Crippen LogP contribution in [0.2, 0.25) is 0 Å². The molecule has 1 aromatic carbocycles. The maximum atomic E-state index is 13.1. The summed E-state index contributed by atoms with van der Waals surface area (Å²) in [5.41, 5.74) is 0.363. The number of ether oxygens (including phenoxy) is 1. The molecule has 1 aromatic rings. The lowest BCUT2D eigenvalue weighted by Gasteiger charge is -2.27. The van der Waals surface area contributed by atoms with Crippen LogP contribution in [0.4, 0.5) is 14.5 Å². The first-order valence-electron chi connectivity index (χ1n) is 6.92. The molecule has 0 saturated heterocycles. The summed E-state index contributed by atoms with van der Waals surface area (Å²) in [7, 11) is 1.36. The Labute approximate surface area is 126 Å². The van der Waals surface area contributed by atoms with Gasteiger partial charge in [-0.1, -0.05) is 0 Å². The second-order valence-electron chi connectivity index (χ2n) is 5.34. The van der Waals surface area contributed by atoms with E-state index in [9.17, 15) is 18.4 Å². The Morgan fingerprint density at radius 2 is 1.95 bits per heavy atom. The lowest BCUT2D eigenvalue weighted by Crippen LogP contribution is -2.31. The summed E-state index contributed by atoms with van der Waals surface area (Å²) in [6.45, 7) is 0. The van der Waals surface area contributed by atoms with Gasteiger partial charge in [0, 0.05) is 18.8 Å². The predicted molar refractivity (Wildman–Crippen MR) is 75.5 cm³/mol. The number of carboxylic acid groups (broad SMARTS) is 1. The maximum absolute atomic E-state index is 13.1. The van der Waals surface area contributed by atoms with Crippen LogP contribution in [0.1, 0.15) is 36.0 Å². The SMILES string of the molecule is COc1cc(C(=O)O)ccc1NC(=O)C1CCC(F)(F)CC1. The number of rotatable bonds is 4. The molecule has 1 saturated carbocycles. The van der Waals surface area contributed by atoms with Crippen molar-refractivity contribution in [3.63, 3.8) is 0 Å².